The predicted octanol–water partition coefficient (Wildman–Crippen LogP) is 0.792. The predicted molar refractivity (Wildman–Crippen MR) is 81.8 cm³/mol. The number of H-pyrrole nitrogens is 1. The number of hydrogen-bond acceptors (Lipinski definition) is 6. The van der Waals surface area contributed by atoms with E-state index < -0.39 is 34.4 Å². The molecule has 1 aromatic carbocycles. The van der Waals surface area contributed by atoms with Gasteiger partial charge in [0.1, 0.15) is 30.2 Å². The van der Waals surface area contributed by atoms with Crippen LogP contribution in [0.25, 0.3) is 11.1 Å². The molecule has 0 saturated heterocycles. The van der Waals surface area contributed by atoms with Gasteiger partial charge < -0.3 is 30.4 Å². The average Bonchev–Trinajstić information content (AvgIpc) is 2.52. The van der Waals surface area contributed by atoms with Crippen LogP contribution in [-0.4, -0.2) is 40.3 Å². The number of nitrogen functional groups attached to an aromatic ring is 1. The minimum absolute atomic E-state index is 0.173. The summed E-state index contributed by atoms with van der Waals surface area (Å²) < 4.78 is 10.8. The van der Waals surface area contributed by atoms with Crippen molar-refractivity contribution in [1.82, 2.24) is 4.98 Å². The van der Waals surface area contributed by atoms with E-state index in [1.54, 1.807) is 0 Å². The molecule has 1 aromatic heterocycles. The van der Waals surface area contributed by atoms with Crippen molar-refractivity contribution >= 4 is 17.8 Å². The van der Waals surface area contributed by atoms with Crippen LogP contribution in [0, 0.1) is 0 Å². The zero-order valence-electron chi connectivity index (χ0n) is 12.2. The number of aromatic nitrogens is 1. The Labute approximate surface area is 134 Å². The van der Waals surface area contributed by atoms with Crippen LogP contribution in [0.3, 0.4) is 0 Å². The molecule has 1 aliphatic heterocycles. The van der Waals surface area contributed by atoms with Gasteiger partial charge >= 0.3 is 11.9 Å². The Kier molecular flexibility index (Phi) is 3.60. The van der Waals surface area contributed by atoms with Crippen LogP contribution in [0.2, 0.25) is 0 Å². The number of carboxylic acids is 2. The van der Waals surface area contributed by atoms with Gasteiger partial charge in [0.25, 0.3) is 5.56 Å². The summed E-state index contributed by atoms with van der Waals surface area (Å²) in [7, 11) is 0. The highest BCUT2D eigenvalue weighted by molar-refractivity contribution is 6.07. The molecule has 0 bridgehead atoms. The molecule has 9 heteroatoms. The fourth-order valence-corrected chi connectivity index (χ4v) is 2.53. The number of carboxylic acid groups (broad SMARTS) is 2. The fraction of sp³-hybridized carbons (Fsp3) is 0.133. The van der Waals surface area contributed by atoms with Crippen molar-refractivity contribution in [2.45, 2.75) is 0 Å². The molecule has 9 nitrogen and oxygen atoms in total. The zero-order chi connectivity index (χ0) is 17.4. The number of nitrogens with two attached hydrogens (primary N) is 1. The third kappa shape index (κ3) is 2.41. The van der Waals surface area contributed by atoms with Gasteiger partial charge in [-0.05, 0) is 17.7 Å². The van der Waals surface area contributed by atoms with Crippen molar-refractivity contribution in [2.24, 2.45) is 0 Å². The lowest BCUT2D eigenvalue weighted by Gasteiger charge is -2.20. The van der Waals surface area contributed by atoms with Crippen molar-refractivity contribution < 1.29 is 29.3 Å². The first kappa shape index (κ1) is 15.4. The molecule has 0 saturated carbocycles. The molecule has 0 spiro atoms. The molecule has 5 N–H and O–H groups in total. The van der Waals surface area contributed by atoms with E-state index in [-0.39, 0.29) is 11.1 Å². The Balaban J connectivity index is 2.35. The van der Waals surface area contributed by atoms with E-state index in [4.69, 9.17) is 15.2 Å². The van der Waals surface area contributed by atoms with Crippen LogP contribution in [0.4, 0.5) is 5.82 Å². The van der Waals surface area contributed by atoms with E-state index in [2.05, 4.69) is 0 Å². The van der Waals surface area contributed by atoms with Crippen LogP contribution in [0.15, 0.2) is 23.0 Å². The molecule has 0 unspecified atom stereocenters. The van der Waals surface area contributed by atoms with Crippen LogP contribution in [0.5, 0.6) is 11.5 Å². The molecule has 0 fully saturated rings. The summed E-state index contributed by atoms with van der Waals surface area (Å²) in [6, 6.07) is 4.38. The zero-order valence-corrected chi connectivity index (χ0v) is 12.2. The summed E-state index contributed by atoms with van der Waals surface area (Å²) >= 11 is 0. The Bertz CT molecular complexity index is 917. The lowest BCUT2D eigenvalue weighted by Crippen LogP contribution is -2.24. The molecule has 0 atom stereocenters. The molecule has 124 valence electrons. The first-order valence-corrected chi connectivity index (χ1v) is 6.82. The monoisotopic (exact) mass is 332 g/mol. The number of aromatic carboxylic acids is 2. The molecule has 0 amide bonds. The second-order valence-corrected chi connectivity index (χ2v) is 4.96. The van der Waals surface area contributed by atoms with Gasteiger partial charge in [0.15, 0.2) is 11.5 Å². The fourth-order valence-electron chi connectivity index (χ4n) is 2.53. The van der Waals surface area contributed by atoms with Gasteiger partial charge in [-0.1, -0.05) is 6.07 Å². The molecular formula is C15H12N2O7. The van der Waals surface area contributed by atoms with Gasteiger partial charge in [-0.3, -0.25) is 4.79 Å². The smallest absolute Gasteiger partial charge is 0.342 e. The minimum Gasteiger partial charge on any atom is -0.486 e. The van der Waals surface area contributed by atoms with Crippen LogP contribution >= 0.6 is 0 Å². The summed E-state index contributed by atoms with van der Waals surface area (Å²) in [4.78, 5) is 37.0. The van der Waals surface area contributed by atoms with E-state index in [1.165, 1.54) is 18.2 Å². The molecule has 24 heavy (non-hydrogen) atoms. The van der Waals surface area contributed by atoms with Crippen LogP contribution in [-0.2, 0) is 0 Å². The second kappa shape index (κ2) is 5.61. The number of rotatable bonds is 3. The summed E-state index contributed by atoms with van der Waals surface area (Å²) in [6.45, 7) is 0.663. The van der Waals surface area contributed by atoms with Crippen molar-refractivity contribution in [3.63, 3.8) is 0 Å². The third-order valence-electron chi connectivity index (χ3n) is 3.50. The largest absolute Gasteiger partial charge is 0.486 e. The molecule has 1 aliphatic rings. The van der Waals surface area contributed by atoms with E-state index in [1.807, 2.05) is 4.98 Å². The number of anilines is 1. The first-order valence-electron chi connectivity index (χ1n) is 6.82. The van der Waals surface area contributed by atoms with Gasteiger partial charge in [0.2, 0.25) is 0 Å². The topological polar surface area (TPSA) is 152 Å². The van der Waals surface area contributed by atoms with Crippen molar-refractivity contribution in [3.05, 3.63) is 39.7 Å². The Hall–Kier alpha value is -3.49. The Morgan fingerprint density at radius 2 is 1.67 bits per heavy atom. The van der Waals surface area contributed by atoms with E-state index in [9.17, 15) is 24.6 Å². The maximum atomic E-state index is 12.0. The highest BCUT2D eigenvalue weighted by atomic mass is 16.6. The van der Waals surface area contributed by atoms with Crippen molar-refractivity contribution in [2.75, 3.05) is 18.9 Å². The van der Waals surface area contributed by atoms with Crippen LogP contribution < -0.4 is 20.8 Å². The van der Waals surface area contributed by atoms with Crippen LogP contribution in [0.1, 0.15) is 20.7 Å². The summed E-state index contributed by atoms with van der Waals surface area (Å²) in [5, 5.41) is 18.7. The van der Waals surface area contributed by atoms with E-state index >= 15 is 0 Å². The number of pyridine rings is 1. The Morgan fingerprint density at radius 1 is 1.04 bits per heavy atom. The highest BCUT2D eigenvalue weighted by Gasteiger charge is 2.27. The molecule has 2 heterocycles. The number of fused-ring (bicyclic) bond motifs is 1. The van der Waals surface area contributed by atoms with E-state index in [0.29, 0.717) is 24.7 Å². The normalized spacial score (nSPS) is 12.7. The third-order valence-corrected chi connectivity index (χ3v) is 3.50. The lowest BCUT2D eigenvalue weighted by atomic mass is 9.95. The summed E-state index contributed by atoms with van der Waals surface area (Å²) in [5.74, 6) is -2.69. The van der Waals surface area contributed by atoms with E-state index in [0.717, 1.165) is 0 Å². The van der Waals surface area contributed by atoms with Gasteiger partial charge in [-0.15, -0.1) is 0 Å². The lowest BCUT2D eigenvalue weighted by molar-refractivity contribution is 0.0695. The molecular weight excluding hydrogens is 320 g/mol. The molecule has 0 radical (unpaired) electrons. The quantitative estimate of drug-likeness (QED) is 0.643. The summed E-state index contributed by atoms with van der Waals surface area (Å²) in [6.07, 6.45) is 0. The number of benzene rings is 1. The maximum absolute atomic E-state index is 12.0. The number of ether oxygens (including phenoxy) is 2. The van der Waals surface area contributed by atoms with Crippen molar-refractivity contribution in [1.29, 1.82) is 0 Å². The molecule has 2 aromatic rings. The van der Waals surface area contributed by atoms with Gasteiger partial charge in [0.05, 0.1) is 0 Å². The minimum atomic E-state index is -1.57. The summed E-state index contributed by atoms with van der Waals surface area (Å²) in [5.41, 5.74) is 3.27. The SMILES string of the molecule is Nc1[nH]c(=O)c(C(=O)O)c(-c2ccc3c(c2)OCCO3)c1C(=O)O. The van der Waals surface area contributed by atoms with Gasteiger partial charge in [-0.25, -0.2) is 9.59 Å². The van der Waals surface area contributed by atoms with Gasteiger partial charge in [-0.2, -0.15) is 0 Å². The molecule has 3 rings (SSSR count). The first-order chi connectivity index (χ1) is 11.4. The number of nitrogens with one attached hydrogen (secondary N) is 1. The number of aromatic amines is 1. The second-order valence-electron chi connectivity index (χ2n) is 4.96. The number of hydrogen-bond donors (Lipinski definition) is 4. The highest BCUT2D eigenvalue weighted by Crippen LogP contribution is 2.37. The standard InChI is InChI=1S/C15H12N2O7/c16-12-10(14(19)20)9(11(15(21)22)13(18)17-12)6-1-2-7-8(5-6)24-4-3-23-7/h1-2,5H,3-4H2,(H,19,20)(H,21,22)(H3,16,17,18). The van der Waals surface area contributed by atoms with Gasteiger partial charge in [0, 0.05) is 5.56 Å². The Morgan fingerprint density at radius 3 is 2.29 bits per heavy atom. The number of carbonyl (C=O) groups is 2. The average molecular weight is 332 g/mol. The maximum Gasteiger partial charge on any atom is 0.342 e. The molecule has 0 aliphatic carbocycles. The van der Waals surface area contributed by atoms with Crippen molar-refractivity contribution in [3.8, 4) is 22.6 Å².